The highest BCUT2D eigenvalue weighted by Gasteiger charge is 2.35. The second kappa shape index (κ2) is 11.0. The van der Waals surface area contributed by atoms with Gasteiger partial charge in [0.2, 0.25) is 0 Å². The summed E-state index contributed by atoms with van der Waals surface area (Å²) in [7, 11) is 0. The second-order valence-corrected chi connectivity index (χ2v) is 8.52. The Kier molecular flexibility index (Phi) is 8.29. The summed E-state index contributed by atoms with van der Waals surface area (Å²) in [6.07, 6.45) is 2.20. The van der Waals surface area contributed by atoms with Crippen LogP contribution in [0.4, 0.5) is 28.0 Å². The largest absolute Gasteiger partial charge is 0.419 e. The molecule has 0 aliphatic carbocycles. The summed E-state index contributed by atoms with van der Waals surface area (Å²) in [6, 6.07) is 6.00. The Morgan fingerprint density at radius 1 is 1.27 bits per heavy atom. The van der Waals surface area contributed by atoms with E-state index in [4.69, 9.17) is 0 Å². The molecule has 1 aromatic carbocycles. The zero-order chi connectivity index (χ0) is 24.0. The van der Waals surface area contributed by atoms with Gasteiger partial charge in [-0.2, -0.15) is 13.2 Å². The van der Waals surface area contributed by atoms with Gasteiger partial charge in [0.05, 0.1) is 5.56 Å². The minimum atomic E-state index is -4.85. The number of piperidine rings is 1. The number of hydrogen-bond donors (Lipinski definition) is 1. The molecule has 0 radical (unpaired) electrons. The van der Waals surface area contributed by atoms with E-state index in [9.17, 15) is 22.4 Å². The monoisotopic (exact) mass is 466 g/mol. The van der Waals surface area contributed by atoms with Crippen molar-refractivity contribution < 1.29 is 22.4 Å². The molecular formula is C24H30F4N4O. The number of nitrogens with zero attached hydrogens (tertiary/aromatic N) is 3. The average Bonchev–Trinajstić information content (AvgIpc) is 2.79. The van der Waals surface area contributed by atoms with Crippen LogP contribution in [0.2, 0.25) is 0 Å². The maximum absolute atomic E-state index is 13.6. The van der Waals surface area contributed by atoms with Gasteiger partial charge in [0, 0.05) is 49.8 Å². The van der Waals surface area contributed by atoms with Crippen LogP contribution >= 0.6 is 0 Å². The fraction of sp³-hybridized carbons (Fsp3) is 0.500. The summed E-state index contributed by atoms with van der Waals surface area (Å²) in [5.74, 6) is -1.37. The molecule has 2 heterocycles. The number of aromatic nitrogens is 1. The van der Waals surface area contributed by atoms with Crippen LogP contribution in [0.3, 0.4) is 0 Å². The van der Waals surface area contributed by atoms with Crippen LogP contribution in [-0.4, -0.2) is 46.0 Å². The highest BCUT2D eigenvalue weighted by atomic mass is 19.4. The molecule has 0 spiro atoms. The van der Waals surface area contributed by atoms with Crippen molar-refractivity contribution in [3.8, 4) is 0 Å². The van der Waals surface area contributed by atoms with Gasteiger partial charge in [-0.25, -0.2) is 9.18 Å². The average molecular weight is 467 g/mol. The van der Waals surface area contributed by atoms with Gasteiger partial charge in [0.25, 0.3) is 0 Å². The Morgan fingerprint density at radius 2 is 2.00 bits per heavy atom. The highest BCUT2D eigenvalue weighted by molar-refractivity contribution is 5.89. The van der Waals surface area contributed by atoms with Crippen molar-refractivity contribution >= 4 is 11.7 Å². The Morgan fingerprint density at radius 3 is 2.61 bits per heavy atom. The first-order valence-corrected chi connectivity index (χ1v) is 11.3. The van der Waals surface area contributed by atoms with E-state index in [2.05, 4.69) is 29.0 Å². The minimum absolute atomic E-state index is 0.0715. The van der Waals surface area contributed by atoms with Crippen molar-refractivity contribution in [2.45, 2.75) is 64.3 Å². The summed E-state index contributed by atoms with van der Waals surface area (Å²) < 4.78 is 52.9. The smallest absolute Gasteiger partial charge is 0.317 e. The lowest BCUT2D eigenvalue weighted by Gasteiger charge is -2.40. The zero-order valence-electron chi connectivity index (χ0n) is 18.9. The van der Waals surface area contributed by atoms with Crippen molar-refractivity contribution in [3.63, 3.8) is 0 Å². The molecule has 2 amide bonds. The first-order valence-electron chi connectivity index (χ1n) is 11.3. The van der Waals surface area contributed by atoms with Gasteiger partial charge in [-0.1, -0.05) is 19.4 Å². The molecule has 1 aromatic heterocycles. The third-order valence-corrected chi connectivity index (χ3v) is 6.13. The Hall–Kier alpha value is -2.68. The van der Waals surface area contributed by atoms with Crippen LogP contribution in [0.15, 0.2) is 42.7 Å². The van der Waals surface area contributed by atoms with Crippen LogP contribution in [-0.2, 0) is 12.7 Å². The molecule has 1 aliphatic rings. The number of benzene rings is 1. The molecule has 5 nitrogen and oxygen atoms in total. The minimum Gasteiger partial charge on any atom is -0.317 e. The molecule has 1 aliphatic heterocycles. The Balaban J connectivity index is 1.76. The van der Waals surface area contributed by atoms with Gasteiger partial charge in [-0.3, -0.25) is 4.98 Å². The lowest BCUT2D eigenvalue weighted by molar-refractivity contribution is -0.139. The molecule has 0 saturated carbocycles. The molecule has 1 atom stereocenters. The molecule has 2 aromatic rings. The van der Waals surface area contributed by atoms with E-state index in [1.807, 2.05) is 6.07 Å². The number of likely N-dealkylation sites (tertiary alicyclic amines) is 1. The van der Waals surface area contributed by atoms with Crippen LogP contribution in [0.5, 0.6) is 0 Å². The number of carbonyl (C=O) groups is 1. The molecule has 1 unspecified atom stereocenters. The van der Waals surface area contributed by atoms with E-state index < -0.39 is 23.6 Å². The number of carbonyl (C=O) groups excluding carboxylic acids is 1. The first-order chi connectivity index (χ1) is 15.7. The Labute approximate surface area is 191 Å². The van der Waals surface area contributed by atoms with E-state index >= 15 is 0 Å². The number of halogens is 4. The van der Waals surface area contributed by atoms with Crippen LogP contribution < -0.4 is 5.32 Å². The third-order valence-electron chi connectivity index (χ3n) is 6.13. The van der Waals surface area contributed by atoms with Gasteiger partial charge in [-0.15, -0.1) is 0 Å². The van der Waals surface area contributed by atoms with Crippen LogP contribution in [0.1, 0.15) is 50.7 Å². The summed E-state index contributed by atoms with van der Waals surface area (Å²) in [5, 5.41) is 2.54. The number of amides is 2. The maximum Gasteiger partial charge on any atom is 0.419 e. The van der Waals surface area contributed by atoms with Crippen molar-refractivity contribution in [2.75, 3.05) is 18.4 Å². The summed E-state index contributed by atoms with van der Waals surface area (Å²) in [5.41, 5.74) is -0.680. The van der Waals surface area contributed by atoms with Gasteiger partial charge in [-0.05, 0) is 56.0 Å². The van der Waals surface area contributed by atoms with Gasteiger partial charge >= 0.3 is 12.2 Å². The third kappa shape index (κ3) is 6.66. The summed E-state index contributed by atoms with van der Waals surface area (Å²) >= 11 is 0. The fourth-order valence-corrected chi connectivity index (χ4v) is 4.31. The zero-order valence-corrected chi connectivity index (χ0v) is 18.9. The molecule has 0 bridgehead atoms. The normalized spacial score (nSPS) is 16.4. The van der Waals surface area contributed by atoms with Crippen LogP contribution in [0, 0.1) is 5.82 Å². The van der Waals surface area contributed by atoms with Gasteiger partial charge < -0.3 is 15.1 Å². The number of pyridine rings is 1. The van der Waals surface area contributed by atoms with E-state index in [-0.39, 0.29) is 18.3 Å². The lowest BCUT2D eigenvalue weighted by Crippen LogP contribution is -2.50. The fourth-order valence-electron chi connectivity index (χ4n) is 4.31. The predicted molar refractivity (Wildman–Crippen MR) is 119 cm³/mol. The molecular weight excluding hydrogens is 436 g/mol. The number of nitrogens with one attached hydrogen (secondary N) is 1. The predicted octanol–water partition coefficient (Wildman–Crippen LogP) is 5.93. The topological polar surface area (TPSA) is 48.5 Å². The number of urea groups is 1. The molecule has 180 valence electrons. The van der Waals surface area contributed by atoms with Crippen molar-refractivity contribution in [1.29, 1.82) is 0 Å². The molecule has 1 fully saturated rings. The van der Waals surface area contributed by atoms with Crippen molar-refractivity contribution in [2.24, 2.45) is 0 Å². The number of hydrogen-bond acceptors (Lipinski definition) is 3. The Bertz CT molecular complexity index is 914. The quantitative estimate of drug-likeness (QED) is 0.515. The standard InChI is InChI=1S/C24H30F4N4O/c1-3-5-17(2)31-12-9-20(10-13-31)32(16-18-6-4-11-29-15-18)23(33)30-19-7-8-22(25)21(14-19)24(26,27)28/h4,6-8,11,14-15,17,20H,3,5,9-10,12-13,16H2,1-2H3,(H,30,33). The number of anilines is 1. The molecule has 3 rings (SSSR count). The number of alkyl halides is 3. The van der Waals surface area contributed by atoms with Gasteiger partial charge in [0.1, 0.15) is 5.82 Å². The molecule has 33 heavy (non-hydrogen) atoms. The van der Waals surface area contributed by atoms with E-state index in [0.29, 0.717) is 12.1 Å². The van der Waals surface area contributed by atoms with E-state index in [1.165, 1.54) is 0 Å². The second-order valence-electron chi connectivity index (χ2n) is 8.52. The number of rotatable bonds is 7. The first kappa shape index (κ1) is 25.0. The van der Waals surface area contributed by atoms with Crippen molar-refractivity contribution in [1.82, 2.24) is 14.8 Å². The highest BCUT2D eigenvalue weighted by Crippen LogP contribution is 2.33. The SMILES string of the molecule is CCCC(C)N1CCC(N(Cc2cccnc2)C(=O)Nc2ccc(F)c(C(F)(F)F)c2)CC1. The molecule has 1 N–H and O–H groups in total. The maximum atomic E-state index is 13.6. The summed E-state index contributed by atoms with van der Waals surface area (Å²) in [6.45, 7) is 6.33. The lowest BCUT2D eigenvalue weighted by atomic mass is 10.00. The van der Waals surface area contributed by atoms with Crippen LogP contribution in [0.25, 0.3) is 0 Å². The molecule has 9 heteroatoms. The van der Waals surface area contributed by atoms with E-state index in [1.54, 1.807) is 23.4 Å². The van der Waals surface area contributed by atoms with Gasteiger partial charge in [0.15, 0.2) is 0 Å². The van der Waals surface area contributed by atoms with Crippen molar-refractivity contribution in [3.05, 3.63) is 59.7 Å². The summed E-state index contributed by atoms with van der Waals surface area (Å²) in [4.78, 5) is 21.3. The molecule has 1 saturated heterocycles. The van der Waals surface area contributed by atoms with E-state index in [0.717, 1.165) is 56.5 Å².